The molecule has 0 saturated heterocycles. The number of aliphatic hydroxyl groups is 1. The Morgan fingerprint density at radius 3 is 2.81 bits per heavy atom. The van der Waals surface area contributed by atoms with Gasteiger partial charge in [0, 0.05) is 12.1 Å². The van der Waals surface area contributed by atoms with Gasteiger partial charge < -0.3 is 19.9 Å². The maximum Gasteiger partial charge on any atom is 0.124 e. The van der Waals surface area contributed by atoms with Crippen molar-refractivity contribution in [1.82, 2.24) is 5.32 Å². The van der Waals surface area contributed by atoms with E-state index in [-0.39, 0.29) is 0 Å². The summed E-state index contributed by atoms with van der Waals surface area (Å²) in [6.45, 7) is 1.41. The van der Waals surface area contributed by atoms with Gasteiger partial charge in [-0.2, -0.15) is 0 Å². The number of ether oxygens (including phenoxy) is 2. The summed E-state index contributed by atoms with van der Waals surface area (Å²) in [5, 5.41) is 13.6. The van der Waals surface area contributed by atoms with Crippen molar-refractivity contribution < 1.29 is 14.6 Å². The summed E-state index contributed by atoms with van der Waals surface area (Å²) < 4.78 is 10.5. The van der Waals surface area contributed by atoms with Crippen LogP contribution in [0.5, 0.6) is 11.5 Å². The summed E-state index contributed by atoms with van der Waals surface area (Å²) >= 11 is 0. The lowest BCUT2D eigenvalue weighted by atomic mass is 10.1. The van der Waals surface area contributed by atoms with Crippen LogP contribution in [0.25, 0.3) is 0 Å². The van der Waals surface area contributed by atoms with Crippen LogP contribution in [-0.4, -0.2) is 32.4 Å². The van der Waals surface area contributed by atoms with E-state index < -0.39 is 6.10 Å². The predicted molar refractivity (Wildman–Crippen MR) is 83.9 cm³/mol. The standard InChI is InChI=1S/C17H25NO3/c1-20-14-7-8-17(21-2)15(11-14)16(19)12-18-10-9-13-5-3-4-6-13/h5,7-8,11,16,18-19H,3-4,6,9-10,12H2,1-2H3. The summed E-state index contributed by atoms with van der Waals surface area (Å²) in [5.41, 5.74) is 2.29. The van der Waals surface area contributed by atoms with Crippen molar-refractivity contribution in [2.75, 3.05) is 27.3 Å². The molecule has 2 rings (SSSR count). The number of hydrogen-bond donors (Lipinski definition) is 2. The molecule has 1 aliphatic carbocycles. The van der Waals surface area contributed by atoms with Crippen molar-refractivity contribution in [2.45, 2.75) is 31.8 Å². The Morgan fingerprint density at radius 2 is 2.14 bits per heavy atom. The first kappa shape index (κ1) is 15.9. The van der Waals surface area contributed by atoms with Crippen LogP contribution in [0.4, 0.5) is 0 Å². The Balaban J connectivity index is 1.85. The van der Waals surface area contributed by atoms with Gasteiger partial charge in [-0.15, -0.1) is 0 Å². The highest BCUT2D eigenvalue weighted by Gasteiger charge is 2.14. The second-order valence-electron chi connectivity index (χ2n) is 5.33. The van der Waals surface area contributed by atoms with Crippen molar-refractivity contribution in [2.24, 2.45) is 0 Å². The molecule has 1 atom stereocenters. The highest BCUT2D eigenvalue weighted by atomic mass is 16.5. The molecule has 0 spiro atoms. The van der Waals surface area contributed by atoms with Crippen LogP contribution in [0.15, 0.2) is 29.8 Å². The quantitative estimate of drug-likeness (QED) is 0.571. The van der Waals surface area contributed by atoms with Gasteiger partial charge in [0.1, 0.15) is 11.5 Å². The molecular weight excluding hydrogens is 266 g/mol. The van der Waals surface area contributed by atoms with Crippen molar-refractivity contribution in [3.63, 3.8) is 0 Å². The first-order chi connectivity index (χ1) is 10.2. The van der Waals surface area contributed by atoms with E-state index in [1.807, 2.05) is 18.2 Å². The van der Waals surface area contributed by atoms with Crippen LogP contribution in [0, 0.1) is 0 Å². The molecule has 116 valence electrons. The van der Waals surface area contributed by atoms with E-state index >= 15 is 0 Å². The second kappa shape index (κ2) is 8.05. The molecule has 0 bridgehead atoms. The SMILES string of the molecule is COc1ccc(OC)c(C(O)CNCCC2=CCCC2)c1. The number of methoxy groups -OCH3 is 2. The predicted octanol–water partition coefficient (Wildman–Crippen LogP) is 2.83. The molecule has 0 heterocycles. The molecule has 21 heavy (non-hydrogen) atoms. The third-order valence-corrected chi connectivity index (χ3v) is 3.89. The maximum absolute atomic E-state index is 10.3. The molecule has 0 aromatic heterocycles. The van der Waals surface area contributed by atoms with Gasteiger partial charge in [0.15, 0.2) is 0 Å². The van der Waals surface area contributed by atoms with Crippen molar-refractivity contribution in [3.05, 3.63) is 35.4 Å². The molecule has 1 aliphatic rings. The molecule has 0 radical (unpaired) electrons. The number of nitrogens with one attached hydrogen (secondary N) is 1. The number of benzene rings is 1. The van der Waals surface area contributed by atoms with Crippen LogP contribution in [0.1, 0.15) is 37.4 Å². The van der Waals surface area contributed by atoms with Gasteiger partial charge in [0.2, 0.25) is 0 Å². The topological polar surface area (TPSA) is 50.7 Å². The molecule has 0 amide bonds. The average molecular weight is 291 g/mol. The minimum Gasteiger partial charge on any atom is -0.497 e. The van der Waals surface area contributed by atoms with Gasteiger partial charge in [0.25, 0.3) is 0 Å². The number of aliphatic hydroxyl groups excluding tert-OH is 1. The van der Waals surface area contributed by atoms with E-state index in [4.69, 9.17) is 9.47 Å². The second-order valence-corrected chi connectivity index (χ2v) is 5.33. The van der Waals surface area contributed by atoms with E-state index in [1.165, 1.54) is 24.8 Å². The van der Waals surface area contributed by atoms with Crippen LogP contribution < -0.4 is 14.8 Å². The van der Waals surface area contributed by atoms with Gasteiger partial charge in [-0.3, -0.25) is 0 Å². The minimum atomic E-state index is -0.604. The molecule has 1 unspecified atom stereocenters. The summed E-state index contributed by atoms with van der Waals surface area (Å²) in [5.74, 6) is 1.41. The fourth-order valence-electron chi connectivity index (χ4n) is 2.66. The van der Waals surface area contributed by atoms with Crippen LogP contribution in [-0.2, 0) is 0 Å². The van der Waals surface area contributed by atoms with E-state index in [2.05, 4.69) is 11.4 Å². The molecule has 4 heteroatoms. The van der Waals surface area contributed by atoms with Gasteiger partial charge in [-0.25, -0.2) is 0 Å². The summed E-state index contributed by atoms with van der Waals surface area (Å²) in [7, 11) is 3.23. The Hall–Kier alpha value is -1.52. The summed E-state index contributed by atoms with van der Waals surface area (Å²) in [6.07, 6.45) is 6.55. The molecule has 0 fully saturated rings. The van der Waals surface area contributed by atoms with Gasteiger partial charge in [-0.05, 0) is 50.4 Å². The molecular formula is C17H25NO3. The molecule has 0 aliphatic heterocycles. The zero-order chi connectivity index (χ0) is 15.1. The summed E-state index contributed by atoms with van der Waals surface area (Å²) in [4.78, 5) is 0. The smallest absolute Gasteiger partial charge is 0.124 e. The molecule has 1 aromatic rings. The van der Waals surface area contributed by atoms with Crippen LogP contribution >= 0.6 is 0 Å². The Morgan fingerprint density at radius 1 is 1.29 bits per heavy atom. The van der Waals surface area contributed by atoms with Gasteiger partial charge in [0.05, 0.1) is 20.3 Å². The lowest BCUT2D eigenvalue weighted by Crippen LogP contribution is -2.23. The third-order valence-electron chi connectivity index (χ3n) is 3.89. The maximum atomic E-state index is 10.3. The fourth-order valence-corrected chi connectivity index (χ4v) is 2.66. The van der Waals surface area contributed by atoms with E-state index in [9.17, 15) is 5.11 Å². The summed E-state index contributed by atoms with van der Waals surface area (Å²) in [6, 6.07) is 5.47. The molecule has 0 saturated carbocycles. The highest BCUT2D eigenvalue weighted by Crippen LogP contribution is 2.29. The van der Waals surface area contributed by atoms with Crippen LogP contribution in [0.2, 0.25) is 0 Å². The lowest BCUT2D eigenvalue weighted by molar-refractivity contribution is 0.170. The van der Waals surface area contributed by atoms with Crippen molar-refractivity contribution >= 4 is 0 Å². The largest absolute Gasteiger partial charge is 0.497 e. The first-order valence-electron chi connectivity index (χ1n) is 7.53. The minimum absolute atomic E-state index is 0.511. The van der Waals surface area contributed by atoms with Crippen molar-refractivity contribution in [1.29, 1.82) is 0 Å². The van der Waals surface area contributed by atoms with E-state index in [1.54, 1.807) is 14.2 Å². The zero-order valence-corrected chi connectivity index (χ0v) is 12.9. The Bertz CT molecular complexity index is 485. The van der Waals surface area contributed by atoms with Gasteiger partial charge in [-0.1, -0.05) is 11.6 Å². The average Bonchev–Trinajstić information content (AvgIpc) is 3.04. The van der Waals surface area contributed by atoms with E-state index in [0.717, 1.165) is 24.3 Å². The Labute approximate surface area is 126 Å². The van der Waals surface area contributed by atoms with E-state index in [0.29, 0.717) is 12.3 Å². The number of rotatable bonds is 8. The monoisotopic (exact) mass is 291 g/mol. The normalized spacial score (nSPS) is 15.7. The third kappa shape index (κ3) is 4.48. The molecule has 4 nitrogen and oxygen atoms in total. The Kier molecular flexibility index (Phi) is 6.08. The lowest BCUT2D eigenvalue weighted by Gasteiger charge is -2.16. The van der Waals surface area contributed by atoms with Crippen LogP contribution in [0.3, 0.4) is 0 Å². The zero-order valence-electron chi connectivity index (χ0n) is 12.9. The molecule has 2 N–H and O–H groups in total. The highest BCUT2D eigenvalue weighted by molar-refractivity contribution is 5.41. The van der Waals surface area contributed by atoms with Gasteiger partial charge >= 0.3 is 0 Å². The number of allylic oxidation sites excluding steroid dienone is 1. The first-order valence-corrected chi connectivity index (χ1v) is 7.53. The number of hydrogen-bond acceptors (Lipinski definition) is 4. The van der Waals surface area contributed by atoms with Crippen molar-refractivity contribution in [3.8, 4) is 11.5 Å². The fraction of sp³-hybridized carbons (Fsp3) is 0.529. The molecule has 1 aromatic carbocycles.